The fourth-order valence-corrected chi connectivity index (χ4v) is 3.39. The van der Waals surface area contributed by atoms with Gasteiger partial charge in [0.1, 0.15) is 0 Å². The van der Waals surface area contributed by atoms with Crippen molar-refractivity contribution in [2.24, 2.45) is 5.92 Å². The van der Waals surface area contributed by atoms with Crippen LogP contribution in [0.4, 0.5) is 14.5 Å². The summed E-state index contributed by atoms with van der Waals surface area (Å²) in [4.78, 5) is 2.21. The van der Waals surface area contributed by atoms with E-state index in [9.17, 15) is 8.78 Å². The molecule has 2 saturated heterocycles. The molecule has 3 rings (SSSR count). The monoisotopic (exact) mass is 280 g/mol. The lowest BCUT2D eigenvalue weighted by Crippen LogP contribution is -2.29. The molecule has 0 unspecified atom stereocenters. The van der Waals surface area contributed by atoms with Crippen LogP contribution in [0.25, 0.3) is 0 Å². The predicted molar refractivity (Wildman–Crippen MR) is 77.1 cm³/mol. The van der Waals surface area contributed by atoms with Gasteiger partial charge in [0.25, 0.3) is 0 Å². The Kier molecular flexibility index (Phi) is 4.20. The summed E-state index contributed by atoms with van der Waals surface area (Å²) in [6, 6.07) is 2.82. The normalized spacial score (nSPS) is 20.6. The van der Waals surface area contributed by atoms with Crippen LogP contribution in [0.5, 0.6) is 0 Å². The maximum Gasteiger partial charge on any atom is 0.160 e. The summed E-state index contributed by atoms with van der Waals surface area (Å²) in [5.74, 6) is -0.847. The zero-order chi connectivity index (χ0) is 13.9. The van der Waals surface area contributed by atoms with Crippen LogP contribution in [0.15, 0.2) is 12.1 Å². The second-order valence-electron chi connectivity index (χ2n) is 5.99. The lowest BCUT2D eigenvalue weighted by Gasteiger charge is -2.26. The molecule has 1 aromatic rings. The fraction of sp³-hybridized carbons (Fsp3) is 0.625. The van der Waals surface area contributed by atoms with Crippen molar-refractivity contribution in [1.82, 2.24) is 5.32 Å². The zero-order valence-electron chi connectivity index (χ0n) is 11.8. The number of hydrogen-bond donors (Lipinski definition) is 1. The summed E-state index contributed by atoms with van der Waals surface area (Å²) >= 11 is 0. The minimum absolute atomic E-state index is 0.586. The van der Waals surface area contributed by atoms with E-state index in [1.165, 1.54) is 12.1 Å². The van der Waals surface area contributed by atoms with E-state index in [4.69, 9.17) is 0 Å². The summed E-state index contributed by atoms with van der Waals surface area (Å²) in [6.07, 6.45) is 5.40. The Balaban J connectivity index is 1.84. The van der Waals surface area contributed by atoms with Gasteiger partial charge in [-0.15, -0.1) is 0 Å². The molecule has 0 saturated carbocycles. The van der Waals surface area contributed by atoms with E-state index in [-0.39, 0.29) is 0 Å². The Hall–Kier alpha value is -1.16. The molecule has 0 aromatic heterocycles. The summed E-state index contributed by atoms with van der Waals surface area (Å²) < 4.78 is 27.2. The Morgan fingerprint density at radius 3 is 2.40 bits per heavy atom. The van der Waals surface area contributed by atoms with Gasteiger partial charge in [-0.05, 0) is 62.7 Å². The molecule has 0 atom stereocenters. The highest BCUT2D eigenvalue weighted by Crippen LogP contribution is 2.30. The van der Waals surface area contributed by atoms with E-state index in [1.54, 1.807) is 0 Å². The van der Waals surface area contributed by atoms with Crippen LogP contribution in [0.1, 0.15) is 31.2 Å². The molecule has 110 valence electrons. The number of halogens is 2. The van der Waals surface area contributed by atoms with Crippen LogP contribution in [-0.4, -0.2) is 26.2 Å². The van der Waals surface area contributed by atoms with Crippen LogP contribution in [0.3, 0.4) is 0 Å². The minimum atomic E-state index is -0.721. The third-order valence-corrected chi connectivity index (χ3v) is 4.54. The first-order chi connectivity index (χ1) is 9.74. The number of nitrogens with one attached hydrogen (secondary N) is 1. The predicted octanol–water partition coefficient (Wildman–Crippen LogP) is 3.11. The standard InChI is InChI=1S/C16H22F2N2/c17-14-10-13(9-12-3-5-19-6-4-12)16(11-15(14)18)20-7-1-2-8-20/h10-12,19H,1-9H2. The summed E-state index contributed by atoms with van der Waals surface area (Å²) in [5, 5.41) is 3.35. The number of piperidine rings is 1. The topological polar surface area (TPSA) is 15.3 Å². The maximum absolute atomic E-state index is 13.6. The van der Waals surface area contributed by atoms with E-state index in [0.717, 1.165) is 69.5 Å². The molecule has 2 aliphatic rings. The van der Waals surface area contributed by atoms with Crippen molar-refractivity contribution in [3.05, 3.63) is 29.3 Å². The van der Waals surface area contributed by atoms with Gasteiger partial charge in [-0.1, -0.05) is 0 Å². The van der Waals surface area contributed by atoms with Crippen molar-refractivity contribution in [1.29, 1.82) is 0 Å². The van der Waals surface area contributed by atoms with Crippen molar-refractivity contribution in [3.63, 3.8) is 0 Å². The maximum atomic E-state index is 13.6. The van der Waals surface area contributed by atoms with Crippen molar-refractivity contribution in [3.8, 4) is 0 Å². The summed E-state index contributed by atoms with van der Waals surface area (Å²) in [5.41, 5.74) is 1.90. The second kappa shape index (κ2) is 6.08. The fourth-order valence-electron chi connectivity index (χ4n) is 3.39. The number of anilines is 1. The van der Waals surface area contributed by atoms with Gasteiger partial charge in [0.05, 0.1) is 0 Å². The van der Waals surface area contributed by atoms with Crippen LogP contribution in [0.2, 0.25) is 0 Å². The van der Waals surface area contributed by atoms with Gasteiger partial charge < -0.3 is 10.2 Å². The van der Waals surface area contributed by atoms with Gasteiger partial charge >= 0.3 is 0 Å². The first-order valence-electron chi connectivity index (χ1n) is 7.67. The Bertz CT molecular complexity index is 464. The van der Waals surface area contributed by atoms with Crippen molar-refractivity contribution < 1.29 is 8.78 Å². The number of rotatable bonds is 3. The van der Waals surface area contributed by atoms with Crippen LogP contribution < -0.4 is 10.2 Å². The van der Waals surface area contributed by atoms with Gasteiger partial charge in [-0.2, -0.15) is 0 Å². The lowest BCUT2D eigenvalue weighted by molar-refractivity contribution is 0.372. The van der Waals surface area contributed by atoms with Crippen molar-refractivity contribution >= 4 is 5.69 Å². The highest BCUT2D eigenvalue weighted by Gasteiger charge is 2.21. The Labute approximate surface area is 119 Å². The van der Waals surface area contributed by atoms with E-state index >= 15 is 0 Å². The van der Waals surface area contributed by atoms with Crippen LogP contribution in [0, 0.1) is 17.6 Å². The van der Waals surface area contributed by atoms with E-state index < -0.39 is 11.6 Å². The molecule has 2 nitrogen and oxygen atoms in total. The van der Waals surface area contributed by atoms with E-state index in [0.29, 0.717) is 5.92 Å². The minimum Gasteiger partial charge on any atom is -0.371 e. The highest BCUT2D eigenvalue weighted by atomic mass is 19.2. The molecule has 2 aliphatic heterocycles. The lowest BCUT2D eigenvalue weighted by atomic mass is 9.90. The molecule has 0 spiro atoms. The summed E-state index contributed by atoms with van der Waals surface area (Å²) in [6.45, 7) is 4.00. The van der Waals surface area contributed by atoms with Crippen LogP contribution >= 0.6 is 0 Å². The molecule has 4 heteroatoms. The van der Waals surface area contributed by atoms with Crippen molar-refractivity contribution in [2.45, 2.75) is 32.1 Å². The molecular weight excluding hydrogens is 258 g/mol. The van der Waals surface area contributed by atoms with Crippen molar-refractivity contribution in [2.75, 3.05) is 31.1 Å². The number of benzene rings is 1. The average molecular weight is 280 g/mol. The largest absolute Gasteiger partial charge is 0.371 e. The Morgan fingerprint density at radius 1 is 1.05 bits per heavy atom. The Morgan fingerprint density at radius 2 is 1.70 bits per heavy atom. The van der Waals surface area contributed by atoms with E-state index in [2.05, 4.69) is 10.2 Å². The quantitative estimate of drug-likeness (QED) is 0.915. The molecule has 1 N–H and O–H groups in total. The molecule has 2 heterocycles. The van der Waals surface area contributed by atoms with Gasteiger partial charge in [-0.3, -0.25) is 0 Å². The summed E-state index contributed by atoms with van der Waals surface area (Å²) in [7, 11) is 0. The second-order valence-corrected chi connectivity index (χ2v) is 5.99. The number of hydrogen-bond acceptors (Lipinski definition) is 2. The zero-order valence-corrected chi connectivity index (χ0v) is 11.8. The third kappa shape index (κ3) is 2.95. The van der Waals surface area contributed by atoms with E-state index in [1.807, 2.05) is 0 Å². The molecule has 0 radical (unpaired) electrons. The average Bonchev–Trinajstić information content (AvgIpc) is 2.98. The third-order valence-electron chi connectivity index (χ3n) is 4.54. The first kappa shape index (κ1) is 13.8. The molecule has 2 fully saturated rings. The highest BCUT2D eigenvalue weighted by molar-refractivity contribution is 5.55. The molecule has 0 aliphatic carbocycles. The number of nitrogens with zero attached hydrogens (tertiary/aromatic N) is 1. The first-order valence-corrected chi connectivity index (χ1v) is 7.67. The van der Waals surface area contributed by atoms with Crippen LogP contribution in [-0.2, 0) is 6.42 Å². The molecule has 20 heavy (non-hydrogen) atoms. The van der Waals surface area contributed by atoms with Gasteiger partial charge in [0, 0.05) is 24.8 Å². The molecule has 0 amide bonds. The molecule has 0 bridgehead atoms. The van der Waals surface area contributed by atoms with Gasteiger partial charge in [0.2, 0.25) is 0 Å². The SMILES string of the molecule is Fc1cc(CC2CCNCC2)c(N2CCCC2)cc1F. The molecular formula is C16H22F2N2. The smallest absolute Gasteiger partial charge is 0.160 e. The molecule has 1 aromatic carbocycles. The van der Waals surface area contributed by atoms with Gasteiger partial charge in [0.15, 0.2) is 11.6 Å². The van der Waals surface area contributed by atoms with Gasteiger partial charge in [-0.25, -0.2) is 8.78 Å².